The summed E-state index contributed by atoms with van der Waals surface area (Å²) in [5.74, 6) is -0.279. The lowest BCUT2D eigenvalue weighted by atomic mass is 10.0. The Bertz CT molecular complexity index is 718. The molecule has 2 aromatic carbocycles. The molecule has 0 aliphatic carbocycles. The van der Waals surface area contributed by atoms with Gasteiger partial charge in [0.2, 0.25) is 0 Å². The van der Waals surface area contributed by atoms with E-state index >= 15 is 0 Å². The lowest BCUT2D eigenvalue weighted by molar-refractivity contribution is 0.103. The van der Waals surface area contributed by atoms with Crippen LogP contribution < -0.4 is 5.32 Å². The van der Waals surface area contributed by atoms with Crippen molar-refractivity contribution < 1.29 is 14.3 Å². The molecule has 2 rings (SSSR count). The van der Waals surface area contributed by atoms with Crippen LogP contribution in [0.5, 0.6) is 0 Å². The molecule has 4 nitrogen and oxygen atoms in total. The molecule has 0 fully saturated rings. The van der Waals surface area contributed by atoms with E-state index in [2.05, 4.69) is 21.2 Å². The van der Waals surface area contributed by atoms with E-state index in [0.717, 1.165) is 4.47 Å². The molecule has 0 spiro atoms. The maximum atomic E-state index is 12.7. The maximum Gasteiger partial charge on any atom is 0.411 e. The average molecular weight is 383 g/mol. The van der Waals surface area contributed by atoms with Gasteiger partial charge in [0.25, 0.3) is 0 Å². The summed E-state index contributed by atoms with van der Waals surface area (Å²) in [6.07, 6.45) is -0.613. The van der Waals surface area contributed by atoms with Crippen LogP contribution in [0.1, 0.15) is 22.8 Å². The fourth-order valence-electron chi connectivity index (χ4n) is 1.88. The summed E-state index contributed by atoms with van der Waals surface area (Å²) in [4.78, 5) is 24.3. The second-order valence-corrected chi connectivity index (χ2v) is 5.67. The highest BCUT2D eigenvalue weighted by Gasteiger charge is 2.18. The number of benzene rings is 2. The van der Waals surface area contributed by atoms with Crippen LogP contribution in [0.4, 0.5) is 10.5 Å². The molecule has 1 N–H and O–H groups in total. The van der Waals surface area contributed by atoms with Gasteiger partial charge in [0, 0.05) is 15.6 Å². The third-order valence-corrected chi connectivity index (χ3v) is 3.68. The van der Waals surface area contributed by atoms with Gasteiger partial charge in [0.05, 0.1) is 17.3 Å². The van der Waals surface area contributed by atoms with Gasteiger partial charge in [-0.1, -0.05) is 39.7 Å². The quantitative estimate of drug-likeness (QED) is 0.765. The predicted octanol–water partition coefficient (Wildman–Crippen LogP) is 4.90. The standard InChI is InChI=1S/C16H13BrClNO3/c1-2-22-16(21)19-14-8-7-10(17)9-12(14)15(20)11-5-3-4-6-13(11)18/h3-9H,2H2,1H3,(H,19,21). The molecule has 22 heavy (non-hydrogen) atoms. The molecule has 2 aromatic rings. The molecular formula is C16H13BrClNO3. The Hall–Kier alpha value is -1.85. The number of hydrogen-bond acceptors (Lipinski definition) is 3. The van der Waals surface area contributed by atoms with E-state index in [0.29, 0.717) is 21.8 Å². The highest BCUT2D eigenvalue weighted by Crippen LogP contribution is 2.26. The topological polar surface area (TPSA) is 55.4 Å². The molecule has 0 aliphatic rings. The number of carbonyl (C=O) groups is 2. The maximum absolute atomic E-state index is 12.7. The van der Waals surface area contributed by atoms with Gasteiger partial charge >= 0.3 is 6.09 Å². The number of carbonyl (C=O) groups excluding carboxylic acids is 2. The first-order valence-corrected chi connectivity index (χ1v) is 7.72. The van der Waals surface area contributed by atoms with Crippen LogP contribution in [0, 0.1) is 0 Å². The van der Waals surface area contributed by atoms with Gasteiger partial charge in [-0.15, -0.1) is 0 Å². The first kappa shape index (κ1) is 16.5. The molecule has 0 atom stereocenters. The van der Waals surface area contributed by atoms with E-state index in [1.54, 1.807) is 49.4 Å². The van der Waals surface area contributed by atoms with Gasteiger partial charge in [-0.2, -0.15) is 0 Å². The van der Waals surface area contributed by atoms with Crippen LogP contribution in [0.25, 0.3) is 0 Å². The number of anilines is 1. The summed E-state index contributed by atoms with van der Waals surface area (Å²) in [5, 5.41) is 2.92. The zero-order valence-electron chi connectivity index (χ0n) is 11.7. The second kappa shape index (κ2) is 7.42. The van der Waals surface area contributed by atoms with E-state index in [-0.39, 0.29) is 12.4 Å². The van der Waals surface area contributed by atoms with Crippen molar-refractivity contribution in [1.29, 1.82) is 0 Å². The van der Waals surface area contributed by atoms with Crippen LogP contribution >= 0.6 is 27.5 Å². The fourth-order valence-corrected chi connectivity index (χ4v) is 2.46. The van der Waals surface area contributed by atoms with Crippen LogP contribution in [0.3, 0.4) is 0 Å². The number of amides is 1. The molecule has 0 saturated carbocycles. The molecule has 0 aliphatic heterocycles. The molecular weight excluding hydrogens is 370 g/mol. The van der Waals surface area contributed by atoms with Crippen molar-refractivity contribution >= 4 is 45.1 Å². The number of nitrogens with one attached hydrogen (secondary N) is 1. The van der Waals surface area contributed by atoms with E-state index in [1.807, 2.05) is 0 Å². The number of ketones is 1. The Labute approximate surface area is 141 Å². The Balaban J connectivity index is 2.41. The summed E-state index contributed by atoms with van der Waals surface area (Å²) in [5.41, 5.74) is 1.07. The van der Waals surface area contributed by atoms with Gasteiger partial charge in [0.1, 0.15) is 0 Å². The minimum absolute atomic E-state index is 0.246. The molecule has 0 saturated heterocycles. The molecule has 0 heterocycles. The Kier molecular flexibility index (Phi) is 5.57. The van der Waals surface area contributed by atoms with Gasteiger partial charge in [-0.3, -0.25) is 10.1 Å². The first-order chi connectivity index (χ1) is 10.5. The number of ether oxygens (including phenoxy) is 1. The first-order valence-electron chi connectivity index (χ1n) is 6.55. The highest BCUT2D eigenvalue weighted by molar-refractivity contribution is 9.10. The van der Waals surface area contributed by atoms with Crippen molar-refractivity contribution in [3.63, 3.8) is 0 Å². The van der Waals surface area contributed by atoms with Crippen LogP contribution in [0.15, 0.2) is 46.9 Å². The Morgan fingerprint density at radius 2 is 1.91 bits per heavy atom. The highest BCUT2D eigenvalue weighted by atomic mass is 79.9. The van der Waals surface area contributed by atoms with Crippen LogP contribution in [0.2, 0.25) is 5.02 Å². The van der Waals surface area contributed by atoms with E-state index in [4.69, 9.17) is 16.3 Å². The van der Waals surface area contributed by atoms with Gasteiger partial charge < -0.3 is 4.74 Å². The minimum atomic E-state index is -0.613. The minimum Gasteiger partial charge on any atom is -0.450 e. The summed E-state index contributed by atoms with van der Waals surface area (Å²) in [6, 6.07) is 11.8. The van der Waals surface area contributed by atoms with Gasteiger partial charge in [0.15, 0.2) is 5.78 Å². The zero-order valence-corrected chi connectivity index (χ0v) is 14.1. The largest absolute Gasteiger partial charge is 0.450 e. The summed E-state index contributed by atoms with van der Waals surface area (Å²) in [7, 11) is 0. The molecule has 6 heteroatoms. The fraction of sp³-hybridized carbons (Fsp3) is 0.125. The normalized spacial score (nSPS) is 10.1. The lowest BCUT2D eigenvalue weighted by Crippen LogP contribution is -2.16. The SMILES string of the molecule is CCOC(=O)Nc1ccc(Br)cc1C(=O)c1ccccc1Cl. The average Bonchev–Trinajstić information content (AvgIpc) is 2.49. The zero-order chi connectivity index (χ0) is 16.1. The number of hydrogen-bond donors (Lipinski definition) is 1. The monoisotopic (exact) mass is 381 g/mol. The smallest absolute Gasteiger partial charge is 0.411 e. The summed E-state index contributed by atoms with van der Waals surface area (Å²) < 4.78 is 5.56. The molecule has 0 bridgehead atoms. The van der Waals surface area contributed by atoms with Crippen LogP contribution in [-0.2, 0) is 4.74 Å². The summed E-state index contributed by atoms with van der Waals surface area (Å²) in [6.45, 7) is 1.95. The molecule has 0 unspecified atom stereocenters. The lowest BCUT2D eigenvalue weighted by Gasteiger charge is -2.11. The Morgan fingerprint density at radius 1 is 1.18 bits per heavy atom. The van der Waals surface area contributed by atoms with E-state index in [9.17, 15) is 9.59 Å². The van der Waals surface area contributed by atoms with E-state index in [1.165, 1.54) is 0 Å². The van der Waals surface area contributed by atoms with Crippen molar-refractivity contribution in [2.75, 3.05) is 11.9 Å². The second-order valence-electron chi connectivity index (χ2n) is 4.34. The van der Waals surface area contributed by atoms with Crippen molar-refractivity contribution in [2.45, 2.75) is 6.92 Å². The number of halogens is 2. The predicted molar refractivity (Wildman–Crippen MR) is 89.7 cm³/mol. The van der Waals surface area contributed by atoms with Gasteiger partial charge in [-0.05, 0) is 37.3 Å². The number of rotatable bonds is 4. The Morgan fingerprint density at radius 3 is 2.59 bits per heavy atom. The van der Waals surface area contributed by atoms with E-state index < -0.39 is 6.09 Å². The third-order valence-electron chi connectivity index (χ3n) is 2.86. The van der Waals surface area contributed by atoms with Crippen molar-refractivity contribution in [3.05, 3.63) is 63.1 Å². The van der Waals surface area contributed by atoms with Crippen LogP contribution in [-0.4, -0.2) is 18.5 Å². The van der Waals surface area contributed by atoms with Crippen molar-refractivity contribution in [3.8, 4) is 0 Å². The third kappa shape index (κ3) is 3.87. The summed E-state index contributed by atoms with van der Waals surface area (Å²) >= 11 is 9.40. The molecule has 114 valence electrons. The molecule has 0 radical (unpaired) electrons. The van der Waals surface area contributed by atoms with Gasteiger partial charge in [-0.25, -0.2) is 4.79 Å². The molecule has 1 amide bonds. The molecule has 0 aromatic heterocycles. The van der Waals surface area contributed by atoms with Crippen molar-refractivity contribution in [2.24, 2.45) is 0 Å². The van der Waals surface area contributed by atoms with Crippen molar-refractivity contribution in [1.82, 2.24) is 0 Å².